The van der Waals surface area contributed by atoms with E-state index in [1.165, 1.54) is 0 Å². The number of nitrogens with zero attached hydrogens (tertiary/aromatic N) is 4. The molecule has 0 radical (unpaired) electrons. The Morgan fingerprint density at radius 1 is 1.21 bits per heavy atom. The average Bonchev–Trinajstić information content (AvgIpc) is 3.30. The molecule has 0 bridgehead atoms. The summed E-state index contributed by atoms with van der Waals surface area (Å²) in [5, 5.41) is 11.1. The zero-order valence-corrected chi connectivity index (χ0v) is 13.1. The number of anilines is 1. The van der Waals surface area contributed by atoms with Crippen molar-refractivity contribution < 1.29 is 14.3 Å². The monoisotopic (exact) mass is 327 g/mol. The van der Waals surface area contributed by atoms with Gasteiger partial charge in [0.1, 0.15) is 12.4 Å². The number of hydrogen-bond donors (Lipinski definition) is 1. The number of cyclic esters (lactones) is 1. The molecule has 4 rings (SSSR count). The first-order valence-electron chi connectivity index (χ1n) is 7.96. The van der Waals surface area contributed by atoms with Crippen molar-refractivity contribution >= 4 is 17.7 Å². The van der Waals surface area contributed by atoms with Crippen LogP contribution in [0.4, 0.5) is 10.5 Å². The lowest BCUT2D eigenvalue weighted by Crippen LogP contribution is -2.25. The number of rotatable bonds is 4. The number of nitrogens with one attached hydrogen (secondary N) is 1. The second-order valence-corrected chi connectivity index (χ2v) is 5.78. The minimum absolute atomic E-state index is 0.180. The third kappa shape index (κ3) is 2.60. The molecule has 0 atom stereocenters. The number of benzene rings is 1. The smallest absolute Gasteiger partial charge is 0.414 e. The summed E-state index contributed by atoms with van der Waals surface area (Å²) in [5.74, 6) is 1.59. The second kappa shape index (κ2) is 5.95. The summed E-state index contributed by atoms with van der Waals surface area (Å²) in [7, 11) is 0. The van der Waals surface area contributed by atoms with Gasteiger partial charge in [-0.3, -0.25) is 9.69 Å². The zero-order chi connectivity index (χ0) is 16.5. The molecule has 1 aromatic heterocycles. The summed E-state index contributed by atoms with van der Waals surface area (Å²) in [6, 6.07) is 6.89. The summed E-state index contributed by atoms with van der Waals surface area (Å²) in [6.07, 6.45) is 1.67. The van der Waals surface area contributed by atoms with Crippen LogP contribution in [0.1, 0.15) is 28.4 Å². The summed E-state index contributed by atoms with van der Waals surface area (Å²) in [5.41, 5.74) is 1.26. The van der Waals surface area contributed by atoms with Crippen molar-refractivity contribution in [3.8, 4) is 0 Å². The SMILES string of the molecule is O=C(NCc1nnc2n1CCC2)c1ccc(N2CCOC2=O)cc1. The van der Waals surface area contributed by atoms with Crippen LogP contribution < -0.4 is 10.2 Å². The van der Waals surface area contributed by atoms with Gasteiger partial charge in [-0.2, -0.15) is 0 Å². The molecule has 2 aliphatic heterocycles. The van der Waals surface area contributed by atoms with Crippen LogP contribution in [0.2, 0.25) is 0 Å². The Hall–Kier alpha value is -2.90. The highest BCUT2D eigenvalue weighted by molar-refractivity contribution is 5.95. The molecule has 0 unspecified atom stereocenters. The first-order chi connectivity index (χ1) is 11.7. The van der Waals surface area contributed by atoms with Crippen LogP contribution >= 0.6 is 0 Å². The van der Waals surface area contributed by atoms with E-state index in [9.17, 15) is 9.59 Å². The van der Waals surface area contributed by atoms with Gasteiger partial charge < -0.3 is 14.6 Å². The van der Waals surface area contributed by atoms with E-state index in [0.29, 0.717) is 25.3 Å². The van der Waals surface area contributed by atoms with Gasteiger partial charge in [-0.15, -0.1) is 10.2 Å². The van der Waals surface area contributed by atoms with Crippen molar-refractivity contribution in [3.63, 3.8) is 0 Å². The molecule has 0 aliphatic carbocycles. The Balaban J connectivity index is 1.40. The van der Waals surface area contributed by atoms with Gasteiger partial charge >= 0.3 is 6.09 Å². The van der Waals surface area contributed by atoms with Crippen LogP contribution in [0, 0.1) is 0 Å². The topological polar surface area (TPSA) is 89.3 Å². The number of hydrogen-bond acceptors (Lipinski definition) is 5. The molecule has 1 fully saturated rings. The van der Waals surface area contributed by atoms with Gasteiger partial charge in [0, 0.05) is 24.2 Å². The van der Waals surface area contributed by atoms with Gasteiger partial charge in [-0.25, -0.2) is 4.79 Å². The molecule has 0 saturated carbocycles. The predicted octanol–water partition coefficient (Wildman–Crippen LogP) is 1.11. The number of aromatic nitrogens is 3. The highest BCUT2D eigenvalue weighted by Crippen LogP contribution is 2.19. The lowest BCUT2D eigenvalue weighted by Gasteiger charge is -2.13. The highest BCUT2D eigenvalue weighted by atomic mass is 16.6. The van der Waals surface area contributed by atoms with Crippen LogP contribution in [0.5, 0.6) is 0 Å². The van der Waals surface area contributed by atoms with Crippen molar-refractivity contribution in [1.82, 2.24) is 20.1 Å². The van der Waals surface area contributed by atoms with Gasteiger partial charge in [0.05, 0.1) is 13.1 Å². The maximum atomic E-state index is 12.3. The summed E-state index contributed by atoms with van der Waals surface area (Å²) in [4.78, 5) is 25.3. The van der Waals surface area contributed by atoms with E-state index >= 15 is 0 Å². The van der Waals surface area contributed by atoms with Crippen LogP contribution in [-0.4, -0.2) is 39.9 Å². The first-order valence-corrected chi connectivity index (χ1v) is 7.96. The Morgan fingerprint density at radius 2 is 2.04 bits per heavy atom. The number of amides is 2. The second-order valence-electron chi connectivity index (χ2n) is 5.78. The van der Waals surface area contributed by atoms with E-state index in [-0.39, 0.29) is 12.0 Å². The van der Waals surface area contributed by atoms with Gasteiger partial charge in [-0.05, 0) is 30.7 Å². The maximum absolute atomic E-state index is 12.3. The predicted molar refractivity (Wildman–Crippen MR) is 84.6 cm³/mol. The average molecular weight is 327 g/mol. The lowest BCUT2D eigenvalue weighted by molar-refractivity contribution is 0.0949. The van der Waals surface area contributed by atoms with Gasteiger partial charge in [0.2, 0.25) is 0 Å². The lowest BCUT2D eigenvalue weighted by atomic mass is 10.2. The molecule has 2 aliphatic rings. The largest absolute Gasteiger partial charge is 0.447 e. The molecule has 1 N–H and O–H groups in total. The molecule has 8 heteroatoms. The van der Waals surface area contributed by atoms with E-state index in [1.807, 2.05) is 0 Å². The molecule has 2 amide bonds. The third-order valence-electron chi connectivity index (χ3n) is 4.30. The number of carbonyl (C=O) groups excluding carboxylic acids is 2. The normalized spacial score (nSPS) is 16.2. The molecule has 3 heterocycles. The molecule has 8 nitrogen and oxygen atoms in total. The van der Waals surface area contributed by atoms with E-state index in [4.69, 9.17) is 4.74 Å². The summed E-state index contributed by atoms with van der Waals surface area (Å²) in [6.45, 7) is 2.19. The highest BCUT2D eigenvalue weighted by Gasteiger charge is 2.23. The number of carbonyl (C=O) groups is 2. The Morgan fingerprint density at radius 3 is 2.79 bits per heavy atom. The van der Waals surface area contributed by atoms with Crippen LogP contribution in [0.25, 0.3) is 0 Å². The maximum Gasteiger partial charge on any atom is 0.414 e. The summed E-state index contributed by atoms with van der Waals surface area (Å²) >= 11 is 0. The molecule has 24 heavy (non-hydrogen) atoms. The number of ether oxygens (including phenoxy) is 1. The van der Waals surface area contributed by atoms with E-state index in [1.54, 1.807) is 29.2 Å². The van der Waals surface area contributed by atoms with Gasteiger partial charge in [0.25, 0.3) is 5.91 Å². The number of fused-ring (bicyclic) bond motifs is 1. The fourth-order valence-electron chi connectivity index (χ4n) is 3.02. The van der Waals surface area contributed by atoms with Gasteiger partial charge in [0.15, 0.2) is 5.82 Å². The van der Waals surface area contributed by atoms with Crippen molar-refractivity contribution in [1.29, 1.82) is 0 Å². The Bertz CT molecular complexity index is 784. The minimum atomic E-state index is -0.354. The van der Waals surface area contributed by atoms with E-state index in [2.05, 4.69) is 20.1 Å². The van der Waals surface area contributed by atoms with Crippen molar-refractivity contribution in [2.24, 2.45) is 0 Å². The standard InChI is InChI=1S/C16H17N5O3/c22-15(17-10-14-19-18-13-2-1-7-21(13)14)11-3-5-12(6-4-11)20-8-9-24-16(20)23/h3-6H,1-2,7-10H2,(H,17,22). The first kappa shape index (κ1) is 14.7. The van der Waals surface area contributed by atoms with Crippen molar-refractivity contribution in [2.45, 2.75) is 25.9 Å². The molecule has 0 spiro atoms. The van der Waals surface area contributed by atoms with Crippen LogP contribution in [0.15, 0.2) is 24.3 Å². The van der Waals surface area contributed by atoms with Gasteiger partial charge in [-0.1, -0.05) is 0 Å². The van der Waals surface area contributed by atoms with E-state index in [0.717, 1.165) is 36.7 Å². The zero-order valence-electron chi connectivity index (χ0n) is 13.1. The Labute approximate surface area is 138 Å². The molecular weight excluding hydrogens is 310 g/mol. The molecule has 2 aromatic rings. The fraction of sp³-hybridized carbons (Fsp3) is 0.375. The fourth-order valence-corrected chi connectivity index (χ4v) is 3.02. The molecule has 1 aromatic carbocycles. The summed E-state index contributed by atoms with van der Waals surface area (Å²) < 4.78 is 6.96. The van der Waals surface area contributed by atoms with Crippen LogP contribution in [-0.2, 0) is 24.2 Å². The third-order valence-corrected chi connectivity index (χ3v) is 4.30. The minimum Gasteiger partial charge on any atom is -0.447 e. The van der Waals surface area contributed by atoms with Crippen molar-refractivity contribution in [2.75, 3.05) is 18.1 Å². The number of aryl methyl sites for hydroxylation is 1. The molecular formula is C16H17N5O3. The van der Waals surface area contributed by atoms with Crippen LogP contribution in [0.3, 0.4) is 0 Å². The Kier molecular flexibility index (Phi) is 3.64. The van der Waals surface area contributed by atoms with E-state index < -0.39 is 0 Å². The molecule has 1 saturated heterocycles. The molecule has 124 valence electrons. The van der Waals surface area contributed by atoms with Crippen molar-refractivity contribution in [3.05, 3.63) is 41.5 Å². The quantitative estimate of drug-likeness (QED) is 0.908.